The predicted octanol–water partition coefficient (Wildman–Crippen LogP) is 3.45. The topological polar surface area (TPSA) is 41.1 Å². The Hall–Kier alpha value is -1.91. The molecule has 0 fully saturated rings. The first kappa shape index (κ1) is 14.5. The van der Waals surface area contributed by atoms with E-state index >= 15 is 0 Å². The summed E-state index contributed by atoms with van der Waals surface area (Å²) in [7, 11) is 1.83. The summed E-state index contributed by atoms with van der Waals surface area (Å²) in [5, 5.41) is 5.79. The summed E-state index contributed by atoms with van der Waals surface area (Å²) in [6.07, 6.45) is 0. The van der Waals surface area contributed by atoms with Gasteiger partial charge in [0.1, 0.15) is 5.82 Å². The number of rotatable bonds is 4. The number of nitrogens with one attached hydrogen (secondary N) is 2. The van der Waals surface area contributed by atoms with Crippen molar-refractivity contribution in [3.8, 4) is 0 Å². The Bertz CT molecular complexity index is 631. The maximum Gasteiger partial charge on any atom is 0.255 e. The molecule has 2 rings (SSSR count). The molecule has 0 heterocycles. The van der Waals surface area contributed by atoms with Gasteiger partial charge < -0.3 is 10.6 Å². The van der Waals surface area contributed by atoms with Crippen LogP contribution >= 0.6 is 11.6 Å². The molecule has 0 radical (unpaired) electrons. The van der Waals surface area contributed by atoms with Gasteiger partial charge in [-0.15, -0.1) is 0 Å². The number of amides is 1. The van der Waals surface area contributed by atoms with Crippen molar-refractivity contribution in [3.05, 3.63) is 64.4 Å². The Labute approximate surface area is 121 Å². The highest BCUT2D eigenvalue weighted by atomic mass is 35.5. The summed E-state index contributed by atoms with van der Waals surface area (Å²) in [4.78, 5) is 12.1. The van der Waals surface area contributed by atoms with Crippen molar-refractivity contribution >= 4 is 23.2 Å². The van der Waals surface area contributed by atoms with Crippen LogP contribution in [0.2, 0.25) is 5.02 Å². The summed E-state index contributed by atoms with van der Waals surface area (Å²) >= 11 is 5.60. The van der Waals surface area contributed by atoms with Crippen molar-refractivity contribution in [2.45, 2.75) is 6.54 Å². The molecule has 2 aromatic rings. The lowest BCUT2D eigenvalue weighted by atomic mass is 10.1. The van der Waals surface area contributed by atoms with Crippen LogP contribution in [0.5, 0.6) is 0 Å². The van der Waals surface area contributed by atoms with Crippen molar-refractivity contribution in [2.75, 3.05) is 12.4 Å². The minimum Gasteiger partial charge on any atom is -0.322 e. The van der Waals surface area contributed by atoms with Crippen LogP contribution in [0, 0.1) is 5.82 Å². The van der Waals surface area contributed by atoms with Gasteiger partial charge in [-0.1, -0.05) is 29.8 Å². The van der Waals surface area contributed by atoms with E-state index in [9.17, 15) is 9.18 Å². The van der Waals surface area contributed by atoms with E-state index in [1.807, 2.05) is 25.2 Å². The van der Waals surface area contributed by atoms with Crippen LogP contribution in [0.1, 0.15) is 15.9 Å². The van der Waals surface area contributed by atoms with E-state index in [0.29, 0.717) is 12.2 Å². The molecular formula is C15H14ClFN2O. The van der Waals surface area contributed by atoms with Crippen LogP contribution in [-0.4, -0.2) is 13.0 Å². The van der Waals surface area contributed by atoms with E-state index in [1.165, 1.54) is 12.1 Å². The molecule has 1 amide bonds. The fraction of sp³-hybridized carbons (Fsp3) is 0.133. The van der Waals surface area contributed by atoms with E-state index in [2.05, 4.69) is 10.6 Å². The van der Waals surface area contributed by atoms with Gasteiger partial charge in [0.25, 0.3) is 5.91 Å². The molecule has 2 aromatic carbocycles. The van der Waals surface area contributed by atoms with Crippen LogP contribution in [0.15, 0.2) is 42.5 Å². The maximum atomic E-state index is 13.4. The normalized spacial score (nSPS) is 10.3. The standard InChI is InChI=1S/C15H14ClFN2O/c1-18-9-11-4-2-3-5-14(11)19-15(20)10-6-7-12(16)13(17)8-10/h2-8,18H,9H2,1H3,(H,19,20). The summed E-state index contributed by atoms with van der Waals surface area (Å²) in [6.45, 7) is 0.630. The fourth-order valence-corrected chi connectivity index (χ4v) is 1.94. The van der Waals surface area contributed by atoms with Gasteiger partial charge >= 0.3 is 0 Å². The average molecular weight is 293 g/mol. The van der Waals surface area contributed by atoms with E-state index in [-0.39, 0.29) is 16.5 Å². The van der Waals surface area contributed by atoms with Gasteiger partial charge in [0.2, 0.25) is 0 Å². The Kier molecular flexibility index (Phi) is 4.71. The third-order valence-electron chi connectivity index (χ3n) is 2.81. The van der Waals surface area contributed by atoms with Crippen molar-refractivity contribution in [3.63, 3.8) is 0 Å². The van der Waals surface area contributed by atoms with Gasteiger partial charge in [-0.05, 0) is 36.9 Å². The van der Waals surface area contributed by atoms with Crippen LogP contribution in [0.4, 0.5) is 10.1 Å². The maximum absolute atomic E-state index is 13.4. The molecule has 0 bridgehead atoms. The average Bonchev–Trinajstić information content (AvgIpc) is 2.44. The SMILES string of the molecule is CNCc1ccccc1NC(=O)c1ccc(Cl)c(F)c1. The van der Waals surface area contributed by atoms with Crippen molar-refractivity contribution < 1.29 is 9.18 Å². The van der Waals surface area contributed by atoms with Gasteiger partial charge in [0.15, 0.2) is 0 Å². The van der Waals surface area contributed by atoms with E-state index in [1.54, 1.807) is 6.07 Å². The molecule has 0 saturated heterocycles. The smallest absolute Gasteiger partial charge is 0.255 e. The second kappa shape index (κ2) is 6.50. The van der Waals surface area contributed by atoms with Gasteiger partial charge in [0.05, 0.1) is 5.02 Å². The van der Waals surface area contributed by atoms with Crippen LogP contribution in [-0.2, 0) is 6.54 Å². The second-order valence-corrected chi connectivity index (χ2v) is 4.68. The number of hydrogen-bond donors (Lipinski definition) is 2. The molecule has 0 aromatic heterocycles. The molecule has 0 atom stereocenters. The molecule has 0 aliphatic carbocycles. The highest BCUT2D eigenvalue weighted by Crippen LogP contribution is 2.19. The lowest BCUT2D eigenvalue weighted by molar-refractivity contribution is 0.102. The van der Waals surface area contributed by atoms with Gasteiger partial charge in [0, 0.05) is 17.8 Å². The minimum absolute atomic E-state index is 0.00265. The molecule has 0 unspecified atom stereocenters. The molecule has 0 aliphatic heterocycles. The number of anilines is 1. The summed E-state index contributed by atoms with van der Waals surface area (Å²) in [5.41, 5.74) is 1.88. The van der Waals surface area contributed by atoms with Crippen LogP contribution in [0.25, 0.3) is 0 Å². The Morgan fingerprint density at radius 2 is 2.00 bits per heavy atom. The molecule has 5 heteroatoms. The molecule has 0 aliphatic rings. The molecule has 0 saturated carbocycles. The lowest BCUT2D eigenvalue weighted by Gasteiger charge is -2.11. The van der Waals surface area contributed by atoms with Gasteiger partial charge in [-0.2, -0.15) is 0 Å². The number of para-hydroxylation sites is 1. The Balaban J connectivity index is 2.21. The third-order valence-corrected chi connectivity index (χ3v) is 3.12. The first-order valence-electron chi connectivity index (χ1n) is 6.10. The van der Waals surface area contributed by atoms with E-state index in [4.69, 9.17) is 11.6 Å². The monoisotopic (exact) mass is 292 g/mol. The number of hydrogen-bond acceptors (Lipinski definition) is 2. The van der Waals surface area contributed by atoms with Crippen LogP contribution < -0.4 is 10.6 Å². The molecule has 0 spiro atoms. The van der Waals surface area contributed by atoms with E-state index < -0.39 is 5.82 Å². The first-order valence-corrected chi connectivity index (χ1v) is 6.48. The zero-order chi connectivity index (χ0) is 14.5. The van der Waals surface area contributed by atoms with Crippen molar-refractivity contribution in [1.82, 2.24) is 5.32 Å². The Morgan fingerprint density at radius 1 is 1.25 bits per heavy atom. The lowest BCUT2D eigenvalue weighted by Crippen LogP contribution is -2.15. The summed E-state index contributed by atoms with van der Waals surface area (Å²) in [5.74, 6) is -0.980. The van der Waals surface area contributed by atoms with Crippen molar-refractivity contribution in [1.29, 1.82) is 0 Å². The fourth-order valence-electron chi connectivity index (χ4n) is 1.82. The van der Waals surface area contributed by atoms with E-state index in [0.717, 1.165) is 11.6 Å². The molecule has 3 nitrogen and oxygen atoms in total. The second-order valence-electron chi connectivity index (χ2n) is 4.27. The molecular weight excluding hydrogens is 279 g/mol. The Morgan fingerprint density at radius 3 is 2.70 bits per heavy atom. The van der Waals surface area contributed by atoms with Crippen LogP contribution in [0.3, 0.4) is 0 Å². The number of carbonyl (C=O) groups excluding carboxylic acids is 1. The zero-order valence-corrected chi connectivity index (χ0v) is 11.7. The largest absolute Gasteiger partial charge is 0.322 e. The quantitative estimate of drug-likeness (QED) is 0.906. The van der Waals surface area contributed by atoms with Gasteiger partial charge in [-0.3, -0.25) is 4.79 Å². The summed E-state index contributed by atoms with van der Waals surface area (Å²) < 4.78 is 13.4. The minimum atomic E-state index is -0.608. The zero-order valence-electron chi connectivity index (χ0n) is 10.9. The molecule has 104 valence electrons. The molecule has 2 N–H and O–H groups in total. The predicted molar refractivity (Wildman–Crippen MR) is 78.6 cm³/mol. The first-order chi connectivity index (χ1) is 9.61. The molecule has 20 heavy (non-hydrogen) atoms. The van der Waals surface area contributed by atoms with Crippen molar-refractivity contribution in [2.24, 2.45) is 0 Å². The number of carbonyl (C=O) groups is 1. The number of benzene rings is 2. The summed E-state index contributed by atoms with van der Waals surface area (Å²) in [6, 6.07) is 11.4. The third kappa shape index (κ3) is 3.35. The number of halogens is 2. The highest BCUT2D eigenvalue weighted by molar-refractivity contribution is 6.30. The van der Waals surface area contributed by atoms with Gasteiger partial charge in [-0.25, -0.2) is 4.39 Å². The highest BCUT2D eigenvalue weighted by Gasteiger charge is 2.10.